The number of allylic oxidation sites excluding steroid dienone is 1. The third kappa shape index (κ3) is 5.49. The number of hydrogen-bond donors (Lipinski definition) is 2. The van der Waals surface area contributed by atoms with E-state index in [1.165, 1.54) is 11.1 Å². The maximum atomic E-state index is 13.3. The van der Waals surface area contributed by atoms with Crippen LogP contribution in [-0.4, -0.2) is 50.5 Å². The number of anilines is 1. The van der Waals surface area contributed by atoms with E-state index in [0.717, 1.165) is 42.8 Å². The van der Waals surface area contributed by atoms with Crippen molar-refractivity contribution >= 4 is 33.2 Å². The predicted molar refractivity (Wildman–Crippen MR) is 166 cm³/mol. The van der Waals surface area contributed by atoms with Crippen LogP contribution in [0.4, 0.5) is 5.69 Å². The van der Waals surface area contributed by atoms with E-state index in [9.17, 15) is 18.3 Å². The second-order valence-electron chi connectivity index (χ2n) is 12.5. The minimum atomic E-state index is -3.78. The fourth-order valence-corrected chi connectivity index (χ4v) is 9.15. The number of carbonyl (C=O) groups is 1. The summed E-state index contributed by atoms with van der Waals surface area (Å²) in [5.41, 5.74) is 3.26. The van der Waals surface area contributed by atoms with Crippen molar-refractivity contribution in [2.45, 2.75) is 61.7 Å². The summed E-state index contributed by atoms with van der Waals surface area (Å²) in [6, 6.07) is 11.3. The zero-order chi connectivity index (χ0) is 29.6. The molecule has 0 saturated heterocycles. The average Bonchev–Trinajstić information content (AvgIpc) is 3.75. The number of aliphatic hydroxyl groups excluding tert-OH is 1. The molecule has 0 bridgehead atoms. The van der Waals surface area contributed by atoms with Gasteiger partial charge in [-0.1, -0.05) is 29.8 Å². The van der Waals surface area contributed by atoms with Gasteiger partial charge in [0.05, 0.1) is 23.6 Å². The Morgan fingerprint density at radius 2 is 2.05 bits per heavy atom. The first-order valence-electron chi connectivity index (χ1n) is 14.9. The van der Waals surface area contributed by atoms with Gasteiger partial charge in [-0.05, 0) is 104 Å². The first kappa shape index (κ1) is 29.3. The van der Waals surface area contributed by atoms with Crippen LogP contribution in [0.25, 0.3) is 0 Å². The predicted octanol–water partition coefficient (Wildman–Crippen LogP) is 5.41. The van der Waals surface area contributed by atoms with Crippen LogP contribution in [0, 0.1) is 17.8 Å². The molecule has 6 rings (SSSR count). The lowest BCUT2D eigenvalue weighted by Gasteiger charge is -2.45. The number of amides is 1. The number of nitrogens with zero attached hydrogens (tertiary/aromatic N) is 1. The molecule has 2 N–H and O–H groups in total. The number of sulfonamides is 1. The van der Waals surface area contributed by atoms with Gasteiger partial charge in [-0.2, -0.15) is 0 Å². The summed E-state index contributed by atoms with van der Waals surface area (Å²) in [5.74, 6) is 0.420. The third-order valence-electron chi connectivity index (χ3n) is 9.87. The van der Waals surface area contributed by atoms with Crippen molar-refractivity contribution in [1.82, 2.24) is 4.72 Å². The molecule has 4 aliphatic rings. The molecule has 1 heterocycles. The topological polar surface area (TPSA) is 95.9 Å². The Kier molecular flexibility index (Phi) is 7.92. The van der Waals surface area contributed by atoms with Crippen LogP contribution in [0.3, 0.4) is 0 Å². The molecule has 0 radical (unpaired) electrons. The molecule has 9 heteroatoms. The average molecular weight is 611 g/mol. The summed E-state index contributed by atoms with van der Waals surface area (Å²) < 4.78 is 34.6. The minimum Gasteiger partial charge on any atom is -0.490 e. The van der Waals surface area contributed by atoms with Crippen molar-refractivity contribution in [1.29, 1.82) is 0 Å². The molecule has 1 aliphatic heterocycles. The van der Waals surface area contributed by atoms with Crippen LogP contribution >= 0.6 is 11.6 Å². The van der Waals surface area contributed by atoms with Crippen LogP contribution in [0.15, 0.2) is 61.7 Å². The van der Waals surface area contributed by atoms with Gasteiger partial charge in [0.25, 0.3) is 5.91 Å². The van der Waals surface area contributed by atoms with Crippen molar-refractivity contribution in [2.24, 2.45) is 17.8 Å². The molecule has 1 spiro atoms. The SMILES string of the molecule is C=CC[C@H]1C[C@H]1S(=O)(=O)NC(=O)c1ccc2c(c1)N(C[C@@H]1CC[C@H]1[C@@H](O)C=C)CC1(CCCc3cc(Cl)ccc31)CO2. The van der Waals surface area contributed by atoms with Gasteiger partial charge in [0.2, 0.25) is 10.0 Å². The number of hydrogen-bond acceptors (Lipinski definition) is 6. The summed E-state index contributed by atoms with van der Waals surface area (Å²) in [5, 5.41) is 10.7. The standard InChI is InChI=1S/C33H39ClN2O5S/c1-3-6-22-17-31(22)42(39,40)35-32(38)23-9-13-30-28(16-23)36(18-24-8-11-26(24)29(37)4-2)19-33(20-41-30)14-5-7-21-15-25(34)10-12-27(21)33/h3-4,9-10,12-13,15-16,22,24,26,29,31,37H,1-2,5-8,11,14,17-20H2,(H,35,38)/t22-,24-,26+,29-,31+,33?/m0/s1. The Morgan fingerprint density at radius 1 is 1.21 bits per heavy atom. The molecule has 0 aromatic heterocycles. The molecule has 1 amide bonds. The second-order valence-corrected chi connectivity index (χ2v) is 14.9. The molecule has 2 saturated carbocycles. The van der Waals surface area contributed by atoms with Crippen LogP contribution in [0.2, 0.25) is 5.02 Å². The monoisotopic (exact) mass is 610 g/mol. The Balaban J connectivity index is 1.32. The lowest BCUT2D eigenvalue weighted by Crippen LogP contribution is -2.49. The molecule has 1 unspecified atom stereocenters. The fourth-order valence-electron chi connectivity index (χ4n) is 7.31. The number of carbonyl (C=O) groups excluding carboxylic acids is 1. The summed E-state index contributed by atoms with van der Waals surface area (Å²) >= 11 is 6.37. The number of fused-ring (bicyclic) bond motifs is 3. The van der Waals surface area contributed by atoms with E-state index < -0.39 is 27.3 Å². The summed E-state index contributed by atoms with van der Waals surface area (Å²) in [6.07, 6.45) is 8.79. The second kappa shape index (κ2) is 11.4. The van der Waals surface area contributed by atoms with E-state index >= 15 is 0 Å². The Morgan fingerprint density at radius 3 is 2.79 bits per heavy atom. The van der Waals surface area contributed by atoms with Crippen molar-refractivity contribution < 1.29 is 23.1 Å². The molecule has 2 aromatic carbocycles. The van der Waals surface area contributed by atoms with Crippen LogP contribution in [-0.2, 0) is 21.9 Å². The largest absolute Gasteiger partial charge is 0.490 e. The quantitative estimate of drug-likeness (QED) is 0.369. The van der Waals surface area contributed by atoms with E-state index in [4.69, 9.17) is 16.3 Å². The van der Waals surface area contributed by atoms with Crippen molar-refractivity contribution in [2.75, 3.05) is 24.6 Å². The van der Waals surface area contributed by atoms with E-state index in [0.29, 0.717) is 38.3 Å². The van der Waals surface area contributed by atoms with Gasteiger partial charge in [0, 0.05) is 29.1 Å². The number of halogens is 1. The lowest BCUT2D eigenvalue weighted by molar-refractivity contribution is 0.0460. The van der Waals surface area contributed by atoms with Gasteiger partial charge in [-0.25, -0.2) is 13.1 Å². The van der Waals surface area contributed by atoms with Crippen LogP contribution in [0.1, 0.15) is 60.0 Å². The Hall–Kier alpha value is -2.81. The normalized spacial score (nSPS) is 28.8. The van der Waals surface area contributed by atoms with E-state index in [1.54, 1.807) is 30.4 Å². The zero-order valence-corrected chi connectivity index (χ0v) is 25.4. The Labute approximate surface area is 253 Å². The van der Waals surface area contributed by atoms with Crippen molar-refractivity contribution in [3.63, 3.8) is 0 Å². The van der Waals surface area contributed by atoms with Crippen LogP contribution < -0.4 is 14.4 Å². The van der Waals surface area contributed by atoms with Gasteiger partial charge >= 0.3 is 0 Å². The first-order valence-corrected chi connectivity index (χ1v) is 16.8. The first-order chi connectivity index (χ1) is 20.1. The zero-order valence-electron chi connectivity index (χ0n) is 23.8. The van der Waals surface area contributed by atoms with Crippen molar-refractivity contribution in [3.05, 3.63) is 83.4 Å². The highest BCUT2D eigenvalue weighted by atomic mass is 35.5. The van der Waals surface area contributed by atoms with Crippen LogP contribution in [0.5, 0.6) is 5.75 Å². The van der Waals surface area contributed by atoms with Gasteiger partial charge < -0.3 is 14.7 Å². The van der Waals surface area contributed by atoms with E-state index in [-0.39, 0.29) is 28.7 Å². The summed E-state index contributed by atoms with van der Waals surface area (Å²) in [7, 11) is -3.78. The number of aryl methyl sites for hydroxylation is 1. The summed E-state index contributed by atoms with van der Waals surface area (Å²) in [6.45, 7) is 9.34. The molecule has 2 aromatic rings. The van der Waals surface area contributed by atoms with E-state index in [2.05, 4.69) is 34.9 Å². The highest BCUT2D eigenvalue weighted by Crippen LogP contribution is 2.47. The molecular weight excluding hydrogens is 572 g/mol. The van der Waals surface area contributed by atoms with Gasteiger partial charge in [-0.15, -0.1) is 13.2 Å². The minimum absolute atomic E-state index is 0.00881. The molecule has 42 heavy (non-hydrogen) atoms. The number of ether oxygens (including phenoxy) is 1. The smallest absolute Gasteiger partial charge is 0.264 e. The maximum Gasteiger partial charge on any atom is 0.264 e. The number of aliphatic hydroxyl groups is 1. The lowest BCUT2D eigenvalue weighted by atomic mass is 9.68. The molecule has 7 nitrogen and oxygen atoms in total. The number of rotatable bonds is 9. The van der Waals surface area contributed by atoms with Crippen molar-refractivity contribution in [3.8, 4) is 5.75 Å². The van der Waals surface area contributed by atoms with Gasteiger partial charge in [0.15, 0.2) is 0 Å². The van der Waals surface area contributed by atoms with E-state index in [1.807, 2.05) is 6.07 Å². The fraction of sp³-hybridized carbons (Fsp3) is 0.485. The molecule has 3 aliphatic carbocycles. The highest BCUT2D eigenvalue weighted by molar-refractivity contribution is 7.91. The molecule has 6 atom stereocenters. The summed E-state index contributed by atoms with van der Waals surface area (Å²) in [4.78, 5) is 15.6. The molecule has 224 valence electrons. The number of benzene rings is 2. The maximum absolute atomic E-state index is 13.3. The Bertz CT molecular complexity index is 1510. The third-order valence-corrected chi connectivity index (χ3v) is 12.0. The number of nitrogens with one attached hydrogen (secondary N) is 1. The van der Waals surface area contributed by atoms with Gasteiger partial charge in [-0.3, -0.25) is 4.79 Å². The molecule has 2 fully saturated rings. The highest BCUT2D eigenvalue weighted by Gasteiger charge is 2.47. The van der Waals surface area contributed by atoms with Gasteiger partial charge in [0.1, 0.15) is 5.75 Å². The molecular formula is C33H39ClN2O5S.